The van der Waals surface area contributed by atoms with Crippen molar-refractivity contribution in [2.45, 2.75) is 50.3 Å². The Morgan fingerprint density at radius 1 is 1.30 bits per heavy atom. The summed E-state index contributed by atoms with van der Waals surface area (Å²) >= 11 is 0. The molecule has 126 valence electrons. The molecule has 0 aliphatic carbocycles. The van der Waals surface area contributed by atoms with Gasteiger partial charge in [-0.15, -0.1) is 0 Å². The average molecular weight is 324 g/mol. The minimum absolute atomic E-state index is 0.381. The van der Waals surface area contributed by atoms with Crippen molar-refractivity contribution in [2.24, 2.45) is 0 Å². The Hall–Kier alpha value is -1.51. The monoisotopic (exact) mass is 324 g/mol. The third-order valence-corrected chi connectivity index (χ3v) is 3.85. The second-order valence-electron chi connectivity index (χ2n) is 6.06. The molecule has 0 saturated carbocycles. The van der Waals surface area contributed by atoms with E-state index in [9.17, 15) is 15.0 Å². The van der Waals surface area contributed by atoms with Gasteiger partial charge in [-0.05, 0) is 26.0 Å². The van der Waals surface area contributed by atoms with E-state index in [-0.39, 0.29) is 0 Å². The summed E-state index contributed by atoms with van der Waals surface area (Å²) in [5.74, 6) is -1.43. The lowest BCUT2D eigenvalue weighted by atomic mass is 10.1. The summed E-state index contributed by atoms with van der Waals surface area (Å²) in [5, 5.41) is 19.1. The number of ether oxygens (including phenoxy) is 4. The maximum absolute atomic E-state index is 12.3. The van der Waals surface area contributed by atoms with Crippen LogP contribution in [-0.2, 0) is 18.9 Å². The Kier molecular flexibility index (Phi) is 4.39. The maximum atomic E-state index is 12.3. The number of carbonyl (C=O) groups excluding carboxylic acids is 1. The molecule has 23 heavy (non-hydrogen) atoms. The topological polar surface area (TPSA) is 94.5 Å². The molecule has 2 saturated heterocycles. The van der Waals surface area contributed by atoms with Crippen molar-refractivity contribution in [3.05, 3.63) is 35.9 Å². The van der Waals surface area contributed by atoms with E-state index >= 15 is 0 Å². The molecule has 0 aromatic heterocycles. The molecule has 3 rings (SSSR count). The van der Waals surface area contributed by atoms with Crippen molar-refractivity contribution in [3.63, 3.8) is 0 Å². The molecule has 0 radical (unpaired) electrons. The van der Waals surface area contributed by atoms with Crippen LogP contribution in [0.5, 0.6) is 0 Å². The number of aliphatic hydroxyl groups is 2. The molecule has 5 atom stereocenters. The average Bonchev–Trinajstić information content (AvgIpc) is 3.00. The normalized spacial score (nSPS) is 33.2. The van der Waals surface area contributed by atoms with Gasteiger partial charge in [0, 0.05) is 0 Å². The van der Waals surface area contributed by atoms with Gasteiger partial charge in [-0.3, -0.25) is 0 Å². The Morgan fingerprint density at radius 2 is 2.00 bits per heavy atom. The molecule has 0 bridgehead atoms. The van der Waals surface area contributed by atoms with E-state index < -0.39 is 49.1 Å². The molecule has 2 fully saturated rings. The molecule has 1 aromatic carbocycles. The van der Waals surface area contributed by atoms with E-state index in [2.05, 4.69) is 0 Å². The Morgan fingerprint density at radius 3 is 2.65 bits per heavy atom. The van der Waals surface area contributed by atoms with Crippen molar-refractivity contribution in [3.8, 4) is 0 Å². The van der Waals surface area contributed by atoms with Crippen LogP contribution >= 0.6 is 0 Å². The van der Waals surface area contributed by atoms with Crippen LogP contribution in [0.3, 0.4) is 0 Å². The fourth-order valence-electron chi connectivity index (χ4n) is 2.82. The third kappa shape index (κ3) is 3.24. The lowest BCUT2D eigenvalue weighted by Gasteiger charge is -2.27. The molecule has 2 aliphatic heterocycles. The number of carbonyl (C=O) groups is 1. The van der Waals surface area contributed by atoms with E-state index in [0.717, 1.165) is 0 Å². The highest BCUT2D eigenvalue weighted by atomic mass is 16.8. The maximum Gasteiger partial charge on any atom is 0.338 e. The number of hydrogen-bond acceptors (Lipinski definition) is 7. The van der Waals surface area contributed by atoms with Crippen LogP contribution in [0.4, 0.5) is 0 Å². The van der Waals surface area contributed by atoms with Crippen LogP contribution in [0.1, 0.15) is 24.2 Å². The van der Waals surface area contributed by atoms with E-state index in [1.807, 2.05) is 0 Å². The van der Waals surface area contributed by atoms with Crippen LogP contribution in [0.25, 0.3) is 0 Å². The quantitative estimate of drug-likeness (QED) is 0.776. The highest BCUT2D eigenvalue weighted by Gasteiger charge is 2.58. The molecule has 0 amide bonds. The van der Waals surface area contributed by atoms with Gasteiger partial charge in [0.05, 0.1) is 12.2 Å². The van der Waals surface area contributed by atoms with Gasteiger partial charge < -0.3 is 29.2 Å². The van der Waals surface area contributed by atoms with Gasteiger partial charge in [0.2, 0.25) is 0 Å². The van der Waals surface area contributed by atoms with E-state index in [0.29, 0.717) is 5.56 Å². The summed E-state index contributed by atoms with van der Waals surface area (Å²) in [5.41, 5.74) is 0.381. The van der Waals surface area contributed by atoms with Crippen LogP contribution in [-0.4, -0.2) is 59.3 Å². The SMILES string of the molecule is CC1(C)OC2O[C@H](C(O)CO)[C@H](OC(=O)c3ccccc3)C2O1. The first-order valence-electron chi connectivity index (χ1n) is 7.47. The Labute approximate surface area is 133 Å². The zero-order chi connectivity index (χ0) is 16.6. The van der Waals surface area contributed by atoms with Crippen molar-refractivity contribution >= 4 is 5.97 Å². The number of esters is 1. The number of benzene rings is 1. The van der Waals surface area contributed by atoms with Gasteiger partial charge in [0.15, 0.2) is 24.3 Å². The zero-order valence-corrected chi connectivity index (χ0v) is 12.9. The number of fused-ring (bicyclic) bond motifs is 1. The number of hydrogen-bond donors (Lipinski definition) is 2. The standard InChI is InChI=1S/C16H20O7/c1-16(2)22-13-12(11(10(18)8-17)21-15(13)23-16)20-14(19)9-6-4-3-5-7-9/h3-7,10-13,15,17-18H,8H2,1-2H3/t10?,11-,12+,13?,15?/m1/s1. The smallest absolute Gasteiger partial charge is 0.338 e. The van der Waals surface area contributed by atoms with E-state index in [4.69, 9.17) is 18.9 Å². The molecular weight excluding hydrogens is 304 g/mol. The van der Waals surface area contributed by atoms with E-state index in [1.54, 1.807) is 44.2 Å². The summed E-state index contributed by atoms with van der Waals surface area (Å²) in [4.78, 5) is 12.3. The first kappa shape index (κ1) is 16.4. The van der Waals surface area contributed by atoms with Gasteiger partial charge in [0.25, 0.3) is 0 Å². The minimum atomic E-state index is -1.20. The molecule has 7 heteroatoms. The first-order valence-corrected chi connectivity index (χ1v) is 7.47. The highest BCUT2D eigenvalue weighted by molar-refractivity contribution is 5.89. The predicted octanol–water partition coefficient (Wildman–Crippen LogP) is 0.442. The summed E-state index contributed by atoms with van der Waals surface area (Å²) < 4.78 is 22.4. The summed E-state index contributed by atoms with van der Waals surface area (Å²) in [6, 6.07) is 8.50. The highest BCUT2D eigenvalue weighted by Crippen LogP contribution is 2.39. The Balaban J connectivity index is 1.79. The molecule has 3 unspecified atom stereocenters. The van der Waals surface area contributed by atoms with Crippen molar-refractivity contribution < 1.29 is 34.0 Å². The van der Waals surface area contributed by atoms with Gasteiger partial charge >= 0.3 is 5.97 Å². The van der Waals surface area contributed by atoms with Crippen molar-refractivity contribution in [1.82, 2.24) is 0 Å². The van der Waals surface area contributed by atoms with Crippen molar-refractivity contribution in [1.29, 1.82) is 0 Å². The lowest BCUT2D eigenvalue weighted by Crippen LogP contribution is -2.45. The van der Waals surface area contributed by atoms with Gasteiger partial charge in [0.1, 0.15) is 12.2 Å². The second-order valence-corrected chi connectivity index (χ2v) is 6.06. The van der Waals surface area contributed by atoms with Crippen molar-refractivity contribution in [2.75, 3.05) is 6.61 Å². The van der Waals surface area contributed by atoms with Crippen LogP contribution in [0.15, 0.2) is 30.3 Å². The predicted molar refractivity (Wildman–Crippen MR) is 77.4 cm³/mol. The fourth-order valence-corrected chi connectivity index (χ4v) is 2.82. The minimum Gasteiger partial charge on any atom is -0.453 e. The van der Waals surface area contributed by atoms with E-state index in [1.165, 1.54) is 0 Å². The molecular formula is C16H20O7. The van der Waals surface area contributed by atoms with Gasteiger partial charge in [-0.25, -0.2) is 4.79 Å². The second kappa shape index (κ2) is 6.18. The lowest BCUT2D eigenvalue weighted by molar-refractivity contribution is -0.227. The number of rotatable bonds is 4. The number of aliphatic hydroxyl groups excluding tert-OH is 2. The summed E-state index contributed by atoms with van der Waals surface area (Å²) in [6.45, 7) is 2.93. The molecule has 2 heterocycles. The van der Waals surface area contributed by atoms with Crippen LogP contribution < -0.4 is 0 Å². The Bertz CT molecular complexity index is 559. The molecule has 1 aromatic rings. The van der Waals surface area contributed by atoms with Gasteiger partial charge in [-0.2, -0.15) is 0 Å². The molecule has 7 nitrogen and oxygen atoms in total. The summed E-state index contributed by atoms with van der Waals surface area (Å²) in [6.07, 6.45) is -4.42. The van der Waals surface area contributed by atoms with Crippen LogP contribution in [0.2, 0.25) is 0 Å². The molecule has 2 N–H and O–H groups in total. The largest absolute Gasteiger partial charge is 0.453 e. The molecule has 2 aliphatic rings. The third-order valence-electron chi connectivity index (χ3n) is 3.85. The van der Waals surface area contributed by atoms with Gasteiger partial charge in [-0.1, -0.05) is 18.2 Å². The molecule has 0 spiro atoms. The zero-order valence-electron chi connectivity index (χ0n) is 12.9. The summed E-state index contributed by atoms with van der Waals surface area (Å²) in [7, 11) is 0. The first-order chi connectivity index (χ1) is 10.9. The van der Waals surface area contributed by atoms with Crippen LogP contribution in [0, 0.1) is 0 Å². The fraction of sp³-hybridized carbons (Fsp3) is 0.562.